The number of amides is 1. The minimum Gasteiger partial charge on any atom is -0.404 e. The van der Waals surface area contributed by atoms with Gasteiger partial charge in [-0.3, -0.25) is 4.68 Å². The van der Waals surface area contributed by atoms with E-state index < -0.39 is 6.09 Å². The fraction of sp³-hybridized carbons (Fsp3) is 0.375. The van der Waals surface area contributed by atoms with Crippen LogP contribution in [0, 0.1) is 13.8 Å². The monoisotopic (exact) mass is 195 g/mol. The van der Waals surface area contributed by atoms with Crippen molar-refractivity contribution in [1.82, 2.24) is 9.78 Å². The minimum atomic E-state index is -0.987. The molecule has 74 valence electrons. The van der Waals surface area contributed by atoms with Crippen molar-refractivity contribution in [2.45, 2.75) is 13.8 Å². The smallest absolute Gasteiger partial charge is 0.404 e. The molecule has 0 fully saturated rings. The molecule has 1 rings (SSSR count). The summed E-state index contributed by atoms with van der Waals surface area (Å²) in [6.45, 7) is 3.44. The van der Waals surface area contributed by atoms with Gasteiger partial charge in [-0.2, -0.15) is 5.10 Å². The second-order valence-electron chi connectivity index (χ2n) is 2.69. The lowest BCUT2D eigenvalue weighted by molar-refractivity contribution is 0.210. The number of carbonyl (C=O) groups is 1. The molecule has 0 bridgehead atoms. The molecule has 0 spiro atoms. The average molecular weight is 195 g/mol. The van der Waals surface area contributed by atoms with Crippen molar-refractivity contribution in [1.29, 1.82) is 0 Å². The highest BCUT2D eigenvalue weighted by Crippen LogP contribution is 2.21. The highest BCUT2D eigenvalue weighted by atomic mass is 16.6. The van der Waals surface area contributed by atoms with Crippen molar-refractivity contribution in [3.8, 4) is 5.75 Å². The summed E-state index contributed by atoms with van der Waals surface area (Å²) in [5.74, 6) is 0.330. The Morgan fingerprint density at radius 1 is 1.57 bits per heavy atom. The van der Waals surface area contributed by atoms with E-state index in [9.17, 15) is 9.59 Å². The molecule has 0 aliphatic rings. The summed E-state index contributed by atoms with van der Waals surface area (Å²) in [5.41, 5.74) is 1.26. The number of carbonyl (C=O) groups excluding carboxylic acids is 2. The third-order valence-corrected chi connectivity index (χ3v) is 1.77. The van der Waals surface area contributed by atoms with Gasteiger partial charge in [0.15, 0.2) is 5.75 Å². The van der Waals surface area contributed by atoms with Gasteiger partial charge in [-0.25, -0.2) is 9.59 Å². The molecule has 0 aromatic carbocycles. The van der Waals surface area contributed by atoms with Crippen LogP contribution in [0.5, 0.6) is 5.75 Å². The van der Waals surface area contributed by atoms with Gasteiger partial charge in [-0.1, -0.05) is 4.99 Å². The summed E-state index contributed by atoms with van der Waals surface area (Å²) in [5, 5.41) is 4.02. The number of rotatable bonds is 1. The molecule has 0 saturated heterocycles. The Bertz CT molecular complexity index is 416. The van der Waals surface area contributed by atoms with Gasteiger partial charge in [0.05, 0.1) is 5.69 Å². The Labute approximate surface area is 80.2 Å². The largest absolute Gasteiger partial charge is 0.450 e. The van der Waals surface area contributed by atoms with Crippen LogP contribution in [0.4, 0.5) is 4.79 Å². The maximum atomic E-state index is 10.8. The normalized spacial score (nSPS) is 9.36. The summed E-state index contributed by atoms with van der Waals surface area (Å²) in [6.07, 6.45) is 0.120. The van der Waals surface area contributed by atoms with Crippen LogP contribution >= 0.6 is 0 Å². The topological polar surface area (TPSA) is 73.6 Å². The van der Waals surface area contributed by atoms with E-state index in [-0.39, 0.29) is 0 Å². The van der Waals surface area contributed by atoms with E-state index in [4.69, 9.17) is 4.74 Å². The summed E-state index contributed by atoms with van der Waals surface area (Å²) in [7, 11) is 1.72. The van der Waals surface area contributed by atoms with Crippen molar-refractivity contribution in [2.75, 3.05) is 0 Å². The van der Waals surface area contributed by atoms with Crippen LogP contribution in [-0.4, -0.2) is 22.0 Å². The number of nitrogens with zero attached hydrogens (tertiary/aromatic N) is 3. The molecule has 0 aliphatic heterocycles. The van der Waals surface area contributed by atoms with E-state index in [2.05, 4.69) is 10.1 Å². The van der Waals surface area contributed by atoms with Crippen LogP contribution in [-0.2, 0) is 11.8 Å². The average Bonchev–Trinajstić information content (AvgIpc) is 2.33. The molecule has 0 unspecified atom stereocenters. The number of hydrogen-bond acceptors (Lipinski definition) is 4. The number of aliphatic imine (C=N–C) groups is 1. The lowest BCUT2D eigenvalue weighted by atomic mass is 10.3. The zero-order valence-electron chi connectivity index (χ0n) is 8.07. The van der Waals surface area contributed by atoms with Crippen molar-refractivity contribution in [2.24, 2.45) is 12.0 Å². The van der Waals surface area contributed by atoms with Crippen LogP contribution in [0.15, 0.2) is 4.99 Å². The Morgan fingerprint density at radius 2 is 2.21 bits per heavy atom. The molecule has 0 saturated carbocycles. The molecule has 1 aromatic heterocycles. The SMILES string of the molecule is Cc1nn(C)c(C)c1OC(=O)N=C=O. The van der Waals surface area contributed by atoms with Crippen molar-refractivity contribution in [3.05, 3.63) is 11.4 Å². The summed E-state index contributed by atoms with van der Waals surface area (Å²) >= 11 is 0. The lowest BCUT2D eigenvalue weighted by Gasteiger charge is -1.98. The first-order chi connectivity index (χ1) is 6.56. The molecule has 6 nitrogen and oxygen atoms in total. The van der Waals surface area contributed by atoms with Crippen LogP contribution in [0.2, 0.25) is 0 Å². The quantitative estimate of drug-likeness (QED) is 0.492. The van der Waals surface area contributed by atoms with E-state index in [1.165, 1.54) is 0 Å². The minimum absolute atomic E-state index is 0.330. The fourth-order valence-corrected chi connectivity index (χ4v) is 1.05. The van der Waals surface area contributed by atoms with Crippen molar-refractivity contribution >= 4 is 12.2 Å². The Hall–Kier alpha value is -1.94. The van der Waals surface area contributed by atoms with E-state index in [1.807, 2.05) is 0 Å². The number of hydrogen-bond donors (Lipinski definition) is 0. The summed E-state index contributed by atoms with van der Waals surface area (Å²) in [6, 6.07) is 0. The van der Waals surface area contributed by atoms with Crippen LogP contribution in [0.3, 0.4) is 0 Å². The number of aromatic nitrogens is 2. The summed E-state index contributed by atoms with van der Waals surface area (Å²) < 4.78 is 6.36. The van der Waals surface area contributed by atoms with Gasteiger partial charge >= 0.3 is 6.09 Å². The van der Waals surface area contributed by atoms with Crippen molar-refractivity contribution < 1.29 is 14.3 Å². The van der Waals surface area contributed by atoms with Crippen LogP contribution < -0.4 is 4.74 Å². The predicted molar refractivity (Wildman–Crippen MR) is 46.8 cm³/mol. The van der Waals surface area contributed by atoms with Gasteiger partial charge in [0.1, 0.15) is 5.69 Å². The predicted octanol–water partition coefficient (Wildman–Crippen LogP) is 0.872. The Morgan fingerprint density at radius 3 is 2.64 bits per heavy atom. The number of ether oxygens (including phenoxy) is 1. The summed E-state index contributed by atoms with van der Waals surface area (Å²) in [4.78, 5) is 23.4. The van der Waals surface area contributed by atoms with Gasteiger partial charge in [0.25, 0.3) is 0 Å². The van der Waals surface area contributed by atoms with E-state index >= 15 is 0 Å². The molecule has 0 N–H and O–H groups in total. The molecule has 1 amide bonds. The molecule has 1 aromatic rings. The molecule has 14 heavy (non-hydrogen) atoms. The van der Waals surface area contributed by atoms with Gasteiger partial charge in [0.2, 0.25) is 6.08 Å². The second kappa shape index (κ2) is 3.85. The molecular weight excluding hydrogens is 186 g/mol. The highest BCUT2D eigenvalue weighted by Gasteiger charge is 2.13. The molecule has 6 heteroatoms. The highest BCUT2D eigenvalue weighted by molar-refractivity contribution is 5.76. The zero-order valence-corrected chi connectivity index (χ0v) is 8.07. The third-order valence-electron chi connectivity index (χ3n) is 1.77. The Balaban J connectivity index is 2.96. The van der Waals surface area contributed by atoms with Gasteiger partial charge in [-0.15, -0.1) is 0 Å². The van der Waals surface area contributed by atoms with Crippen LogP contribution in [0.1, 0.15) is 11.4 Å². The van der Waals surface area contributed by atoms with Gasteiger partial charge in [0, 0.05) is 7.05 Å². The second-order valence-corrected chi connectivity index (χ2v) is 2.69. The maximum absolute atomic E-state index is 10.8. The van der Waals surface area contributed by atoms with Gasteiger partial charge in [-0.05, 0) is 13.8 Å². The van der Waals surface area contributed by atoms with E-state index in [0.717, 1.165) is 6.08 Å². The van der Waals surface area contributed by atoms with E-state index in [1.54, 1.807) is 25.6 Å². The lowest BCUT2D eigenvalue weighted by Crippen LogP contribution is -2.03. The first-order valence-corrected chi connectivity index (χ1v) is 3.86. The number of isocyanates is 1. The van der Waals surface area contributed by atoms with E-state index in [0.29, 0.717) is 17.1 Å². The molecule has 0 atom stereocenters. The van der Waals surface area contributed by atoms with Crippen molar-refractivity contribution in [3.63, 3.8) is 0 Å². The molecular formula is C8H9N3O3. The van der Waals surface area contributed by atoms with Crippen LogP contribution in [0.25, 0.3) is 0 Å². The first kappa shape index (κ1) is 10.1. The standard InChI is InChI=1S/C8H9N3O3/c1-5-7(6(2)11(3)10-5)14-8(13)9-4-12/h1-3H3. The zero-order chi connectivity index (χ0) is 10.7. The maximum Gasteiger partial charge on any atom is 0.450 e. The first-order valence-electron chi connectivity index (χ1n) is 3.86. The molecule has 0 aliphatic carbocycles. The fourth-order valence-electron chi connectivity index (χ4n) is 1.05. The Kier molecular flexibility index (Phi) is 2.79. The number of aryl methyl sites for hydroxylation is 2. The van der Waals surface area contributed by atoms with Gasteiger partial charge < -0.3 is 4.74 Å². The molecule has 0 radical (unpaired) electrons. The third kappa shape index (κ3) is 1.86. The molecule has 1 heterocycles.